The van der Waals surface area contributed by atoms with Crippen molar-refractivity contribution in [2.24, 2.45) is 14.1 Å². The van der Waals surface area contributed by atoms with Crippen LogP contribution in [0, 0.1) is 0 Å². The summed E-state index contributed by atoms with van der Waals surface area (Å²) < 4.78 is 31.2. The lowest BCUT2D eigenvalue weighted by Gasteiger charge is -2.26. The number of nitrogens with zero attached hydrogens (tertiary/aromatic N) is 8. The van der Waals surface area contributed by atoms with E-state index in [-0.39, 0.29) is 6.61 Å². The molecule has 14 heteroatoms. The predicted molar refractivity (Wildman–Crippen MR) is 249 cm³/mol. The Morgan fingerprint density at radius 1 is 0.508 bits per heavy atom. The van der Waals surface area contributed by atoms with Gasteiger partial charge in [-0.15, -0.1) is 0 Å². The molecular weight excluding hydrogens is 797 g/mol. The number of aryl methyl sites for hydroxylation is 2. The zero-order valence-corrected chi connectivity index (χ0v) is 36.9. The van der Waals surface area contributed by atoms with Gasteiger partial charge in [0.15, 0.2) is 0 Å². The molecule has 4 aromatic heterocycles. The summed E-state index contributed by atoms with van der Waals surface area (Å²) in [6.07, 6.45) is 13.2. The van der Waals surface area contributed by atoms with E-state index in [4.69, 9.17) is 33.7 Å². The van der Waals surface area contributed by atoms with Crippen molar-refractivity contribution in [3.8, 4) is 45.5 Å². The zero-order chi connectivity index (χ0) is 44.3. The lowest BCUT2D eigenvalue weighted by Crippen LogP contribution is -2.20. The fourth-order valence-electron chi connectivity index (χ4n) is 7.23. The molecule has 0 aliphatic carbocycles. The van der Waals surface area contributed by atoms with Gasteiger partial charge >= 0.3 is 0 Å². The van der Waals surface area contributed by atoms with E-state index < -0.39 is 0 Å². The summed E-state index contributed by atoms with van der Waals surface area (Å²) in [7, 11) is 12.3. The number of methoxy groups -OCH3 is 5. The van der Waals surface area contributed by atoms with Crippen LogP contribution in [0.25, 0.3) is 44.6 Å². The molecule has 0 unspecified atom stereocenters. The number of hydrogen-bond donors (Lipinski definition) is 1. The molecule has 326 valence electrons. The summed E-state index contributed by atoms with van der Waals surface area (Å²) in [6.45, 7) is 2.16. The third-order valence-electron chi connectivity index (χ3n) is 10.5. The van der Waals surface area contributed by atoms with E-state index in [0.717, 1.165) is 91.8 Å². The molecule has 0 aliphatic heterocycles. The second-order valence-electron chi connectivity index (χ2n) is 14.9. The van der Waals surface area contributed by atoms with E-state index >= 15 is 0 Å². The Morgan fingerprint density at radius 3 is 1.30 bits per heavy atom. The van der Waals surface area contributed by atoms with Gasteiger partial charge in [0.2, 0.25) is 0 Å². The number of fused-ring (bicyclic) bond motifs is 2. The van der Waals surface area contributed by atoms with Crippen LogP contribution in [0.4, 0.5) is 22.7 Å². The molecular formula is C49H54N8O6. The largest absolute Gasteiger partial charge is 0.497 e. The molecule has 0 saturated carbocycles. The van der Waals surface area contributed by atoms with Crippen molar-refractivity contribution in [2.45, 2.75) is 12.8 Å². The van der Waals surface area contributed by atoms with Crippen molar-refractivity contribution < 1.29 is 28.8 Å². The molecule has 0 spiro atoms. The second kappa shape index (κ2) is 20.6. The van der Waals surface area contributed by atoms with Crippen molar-refractivity contribution in [1.82, 2.24) is 29.1 Å². The zero-order valence-electron chi connectivity index (χ0n) is 36.9. The van der Waals surface area contributed by atoms with Crippen LogP contribution in [0.15, 0.2) is 122 Å². The third kappa shape index (κ3) is 10.7. The summed E-state index contributed by atoms with van der Waals surface area (Å²) in [4.78, 5) is 23.3. The number of aliphatic hydroxyl groups is 1. The molecule has 0 bridgehead atoms. The molecule has 8 rings (SSSR count). The number of rotatable bonds is 17. The van der Waals surface area contributed by atoms with Crippen LogP contribution in [0.2, 0.25) is 0 Å². The predicted octanol–water partition coefficient (Wildman–Crippen LogP) is 9.00. The molecule has 0 aliphatic rings. The third-order valence-corrected chi connectivity index (χ3v) is 10.5. The Balaban J connectivity index is 0.000000189. The maximum absolute atomic E-state index is 9.45. The van der Waals surface area contributed by atoms with Crippen LogP contribution in [-0.4, -0.2) is 96.0 Å². The fourth-order valence-corrected chi connectivity index (χ4v) is 7.23. The van der Waals surface area contributed by atoms with Crippen LogP contribution in [0.5, 0.6) is 23.0 Å². The number of ether oxygens (including phenoxy) is 5. The fraction of sp³-hybridized carbons (Fsp3) is 0.265. The number of aliphatic hydroxyl groups excluding tert-OH is 1. The Labute approximate surface area is 367 Å². The van der Waals surface area contributed by atoms with Gasteiger partial charge in [0.1, 0.15) is 23.0 Å². The Morgan fingerprint density at radius 2 is 0.937 bits per heavy atom. The number of benzene rings is 4. The van der Waals surface area contributed by atoms with Crippen LogP contribution >= 0.6 is 0 Å². The molecule has 63 heavy (non-hydrogen) atoms. The smallest absolute Gasteiger partial charge is 0.124 e. The molecule has 0 amide bonds. The highest BCUT2D eigenvalue weighted by molar-refractivity contribution is 5.84. The standard InChI is InChI=1S/C25H28N4O3.C24H26N4O3/c1-28-10-8-18(17-28)25-16-26-23-7-6-19(14-24(23)27-25)29(9-5-11-30-2)20-12-21(31-3)15-22(13-20)32-4;1-27-9-7-17(16-27)24-15-25-22-6-5-18(13-23(22)26-24)28(8-4-10-29)19-11-20(30-2)14-21(12-19)31-3/h6-8,10,12-17H,5,9,11H2,1-4H3;5-7,9,11-16,29H,4,8,10H2,1-3H3. The summed E-state index contributed by atoms with van der Waals surface area (Å²) in [6, 6.07) is 27.9. The van der Waals surface area contributed by atoms with Gasteiger partial charge in [0.05, 0.1) is 74.3 Å². The SMILES string of the molecule is COCCCN(c1cc(OC)cc(OC)c1)c1ccc2ncc(-c3ccn(C)c3)nc2c1.COc1cc(OC)cc(N(CCCO)c2ccc3ncc(-c4ccn(C)c4)nc3c2)c1. The molecule has 4 heterocycles. The van der Waals surface area contributed by atoms with Gasteiger partial charge < -0.3 is 47.7 Å². The lowest BCUT2D eigenvalue weighted by atomic mass is 10.1. The van der Waals surface area contributed by atoms with E-state index in [2.05, 4.69) is 31.9 Å². The Hall–Kier alpha value is -7.16. The number of anilines is 4. The molecule has 0 saturated heterocycles. The molecule has 0 atom stereocenters. The summed E-state index contributed by atoms with van der Waals surface area (Å²) >= 11 is 0. The first-order valence-electron chi connectivity index (χ1n) is 20.6. The van der Waals surface area contributed by atoms with Gasteiger partial charge in [-0.05, 0) is 61.4 Å². The summed E-state index contributed by atoms with van der Waals surface area (Å²) in [5.74, 6) is 2.89. The molecule has 1 N–H and O–H groups in total. The molecule has 0 fully saturated rings. The Bertz CT molecular complexity index is 2730. The van der Waals surface area contributed by atoms with E-state index in [1.165, 1.54) is 0 Å². The minimum absolute atomic E-state index is 0.100. The maximum atomic E-state index is 9.45. The van der Waals surface area contributed by atoms with E-state index in [1.807, 2.05) is 127 Å². The topological polar surface area (TPSA) is 134 Å². The molecule has 8 aromatic rings. The highest BCUT2D eigenvalue weighted by Gasteiger charge is 2.16. The van der Waals surface area contributed by atoms with Gasteiger partial charge in [-0.25, -0.2) is 9.97 Å². The van der Waals surface area contributed by atoms with Crippen LogP contribution in [0.3, 0.4) is 0 Å². The Kier molecular flexibility index (Phi) is 14.4. The van der Waals surface area contributed by atoms with Gasteiger partial charge in [-0.2, -0.15) is 0 Å². The van der Waals surface area contributed by atoms with Crippen molar-refractivity contribution in [3.05, 3.63) is 122 Å². The van der Waals surface area contributed by atoms with Crippen molar-refractivity contribution in [3.63, 3.8) is 0 Å². The van der Waals surface area contributed by atoms with Gasteiger partial charge in [0.25, 0.3) is 0 Å². The second-order valence-corrected chi connectivity index (χ2v) is 14.9. The van der Waals surface area contributed by atoms with Gasteiger partial charge in [-0.3, -0.25) is 9.97 Å². The molecule has 0 radical (unpaired) electrons. The van der Waals surface area contributed by atoms with Crippen LogP contribution in [0.1, 0.15) is 12.8 Å². The van der Waals surface area contributed by atoms with Crippen molar-refractivity contribution in [1.29, 1.82) is 0 Å². The minimum atomic E-state index is 0.100. The highest BCUT2D eigenvalue weighted by atomic mass is 16.5. The minimum Gasteiger partial charge on any atom is -0.497 e. The van der Waals surface area contributed by atoms with Crippen molar-refractivity contribution >= 4 is 44.8 Å². The summed E-state index contributed by atoms with van der Waals surface area (Å²) in [5.41, 5.74) is 10.9. The lowest BCUT2D eigenvalue weighted by molar-refractivity contribution is 0.196. The number of aromatic nitrogens is 6. The maximum Gasteiger partial charge on any atom is 0.124 e. The van der Waals surface area contributed by atoms with Crippen LogP contribution in [-0.2, 0) is 18.8 Å². The average molecular weight is 851 g/mol. The van der Waals surface area contributed by atoms with Crippen molar-refractivity contribution in [2.75, 3.05) is 71.7 Å². The van der Waals surface area contributed by atoms with Crippen LogP contribution < -0.4 is 28.7 Å². The van der Waals surface area contributed by atoms with Gasteiger partial charge in [0, 0.05) is 143 Å². The first-order chi connectivity index (χ1) is 30.7. The summed E-state index contributed by atoms with van der Waals surface area (Å²) in [5, 5.41) is 9.45. The van der Waals surface area contributed by atoms with Gasteiger partial charge in [-0.1, -0.05) is 0 Å². The monoisotopic (exact) mass is 850 g/mol. The van der Waals surface area contributed by atoms with E-state index in [1.54, 1.807) is 41.7 Å². The highest BCUT2D eigenvalue weighted by Crippen LogP contribution is 2.36. The average Bonchev–Trinajstić information content (AvgIpc) is 3.97. The number of hydrogen-bond acceptors (Lipinski definition) is 12. The quantitative estimate of drug-likeness (QED) is 0.0877. The van der Waals surface area contributed by atoms with E-state index in [9.17, 15) is 5.11 Å². The first kappa shape index (κ1) is 43.9. The molecule has 14 nitrogen and oxygen atoms in total. The van der Waals surface area contributed by atoms with E-state index in [0.29, 0.717) is 31.1 Å². The normalized spacial score (nSPS) is 11.0. The first-order valence-corrected chi connectivity index (χ1v) is 20.6. The molecule has 4 aromatic carbocycles.